The average Bonchev–Trinajstić information content (AvgIpc) is 3.51. The molecule has 282 valence electrons. The summed E-state index contributed by atoms with van der Waals surface area (Å²) in [5, 5.41) is 0. The van der Waals surface area contributed by atoms with E-state index >= 15 is 0 Å². The maximum absolute atomic E-state index is 6.85. The van der Waals surface area contributed by atoms with Gasteiger partial charge in [-0.05, 0) is 49.2 Å². The summed E-state index contributed by atoms with van der Waals surface area (Å²) in [6, 6.07) is 39.9. The third-order valence-corrected chi connectivity index (χ3v) is 9.51. The van der Waals surface area contributed by atoms with E-state index in [4.69, 9.17) is 37.9 Å². The molecule has 2 saturated heterocycles. The topological polar surface area (TPSA) is 86.2 Å². The van der Waals surface area contributed by atoms with Crippen molar-refractivity contribution in [2.45, 2.75) is 108 Å². The molecular weight excluding hydrogens is 670 g/mol. The molecule has 0 spiro atoms. The molecule has 2 aliphatic heterocycles. The van der Waals surface area contributed by atoms with E-state index in [2.05, 4.69) is 18.6 Å². The highest BCUT2D eigenvalue weighted by molar-refractivity contribution is 5.25. The quantitative estimate of drug-likeness (QED) is 0.0911. The summed E-state index contributed by atoms with van der Waals surface area (Å²) in [7, 11) is 0. The summed E-state index contributed by atoms with van der Waals surface area (Å²) in [5.41, 5.74) is 4.13. The molecule has 2 fully saturated rings. The third kappa shape index (κ3) is 11.1. The highest BCUT2D eigenvalue weighted by Gasteiger charge is 2.50. The van der Waals surface area contributed by atoms with Crippen LogP contribution in [0.2, 0.25) is 0 Å². The molecule has 0 aromatic heterocycles. The molecule has 0 amide bonds. The number of hydrogen-bond acceptors (Lipinski definition) is 9. The first kappa shape index (κ1) is 38.9. The lowest BCUT2D eigenvalue weighted by Crippen LogP contribution is -2.62. The third-order valence-electron chi connectivity index (χ3n) is 9.51. The van der Waals surface area contributed by atoms with Gasteiger partial charge in [0.1, 0.15) is 36.6 Å². The minimum atomic E-state index is -0.860. The van der Waals surface area contributed by atoms with Gasteiger partial charge < -0.3 is 37.9 Å². The smallest absolute Gasteiger partial charge is 0.187 e. The largest absolute Gasteiger partial charge is 0.374 e. The first-order valence-corrected chi connectivity index (χ1v) is 18.6. The van der Waals surface area contributed by atoms with E-state index in [-0.39, 0.29) is 25.4 Å². The van der Waals surface area contributed by atoms with E-state index in [1.165, 1.54) is 0 Å². The number of ether oxygens (including phenoxy) is 8. The summed E-state index contributed by atoms with van der Waals surface area (Å²) < 4.78 is 52.7. The zero-order chi connectivity index (χ0) is 36.9. The summed E-state index contributed by atoms with van der Waals surface area (Å²) >= 11 is 0. The maximum atomic E-state index is 6.85. The Kier molecular flexibility index (Phi) is 14.3. The van der Waals surface area contributed by atoms with Gasteiger partial charge in [-0.15, -0.1) is 0 Å². The Morgan fingerprint density at radius 1 is 0.604 bits per heavy atom. The van der Waals surface area contributed by atoms with Gasteiger partial charge in [0.25, 0.3) is 0 Å². The molecule has 53 heavy (non-hydrogen) atoms. The Morgan fingerprint density at radius 3 is 1.57 bits per heavy atom. The van der Waals surface area contributed by atoms with Gasteiger partial charge in [0, 0.05) is 0 Å². The number of hydrogen-bond donors (Lipinski definition) is 0. The summed E-state index contributed by atoms with van der Waals surface area (Å²) in [6.45, 7) is 11.6. The van der Waals surface area contributed by atoms with Gasteiger partial charge in [0.2, 0.25) is 0 Å². The molecule has 6 rings (SSSR count). The van der Waals surface area contributed by atoms with Crippen molar-refractivity contribution in [2.24, 2.45) is 4.99 Å². The molecule has 0 radical (unpaired) electrons. The molecule has 5 unspecified atom stereocenters. The number of rotatable bonds is 19. The predicted octanol–water partition coefficient (Wildman–Crippen LogP) is 7.70. The van der Waals surface area contributed by atoms with E-state index in [9.17, 15) is 0 Å². The van der Waals surface area contributed by atoms with Crippen LogP contribution in [-0.4, -0.2) is 74.7 Å². The van der Waals surface area contributed by atoms with Crippen LogP contribution in [0.3, 0.4) is 0 Å². The van der Waals surface area contributed by atoms with Gasteiger partial charge in [0.15, 0.2) is 12.1 Å². The fourth-order valence-corrected chi connectivity index (χ4v) is 6.83. The second kappa shape index (κ2) is 19.5. The minimum absolute atomic E-state index is 0.154. The normalized spacial score (nSPS) is 25.9. The van der Waals surface area contributed by atoms with Crippen molar-refractivity contribution in [2.75, 3.05) is 13.2 Å². The van der Waals surface area contributed by atoms with E-state index < -0.39 is 42.5 Å². The van der Waals surface area contributed by atoms with Crippen molar-refractivity contribution in [3.05, 3.63) is 144 Å². The maximum Gasteiger partial charge on any atom is 0.187 e. The Balaban J connectivity index is 1.30. The predicted molar refractivity (Wildman–Crippen MR) is 203 cm³/mol. The highest BCUT2D eigenvalue weighted by Crippen LogP contribution is 2.35. The molecule has 9 heteroatoms. The molecule has 4 aromatic carbocycles. The van der Waals surface area contributed by atoms with Crippen molar-refractivity contribution >= 4 is 6.72 Å². The van der Waals surface area contributed by atoms with Crippen LogP contribution >= 0.6 is 0 Å². The van der Waals surface area contributed by atoms with Crippen molar-refractivity contribution in [1.29, 1.82) is 0 Å². The first-order chi connectivity index (χ1) is 25.9. The molecule has 9 nitrogen and oxygen atoms in total. The Morgan fingerprint density at radius 2 is 1.08 bits per heavy atom. The fraction of sp³-hybridized carbons (Fsp3) is 0.432. The zero-order valence-corrected chi connectivity index (χ0v) is 31.0. The summed E-state index contributed by atoms with van der Waals surface area (Å²) in [5.74, 6) is -0.738. The van der Waals surface area contributed by atoms with E-state index in [1.54, 1.807) is 0 Å². The van der Waals surface area contributed by atoms with Gasteiger partial charge in [-0.2, -0.15) is 0 Å². The van der Waals surface area contributed by atoms with Crippen molar-refractivity contribution in [1.82, 2.24) is 0 Å². The molecule has 8 atom stereocenters. The van der Waals surface area contributed by atoms with E-state index in [0.29, 0.717) is 26.4 Å². The number of aliphatic imine (C=N–C) groups is 1. The van der Waals surface area contributed by atoms with Crippen LogP contribution in [-0.2, 0) is 64.3 Å². The van der Waals surface area contributed by atoms with Crippen LogP contribution < -0.4 is 0 Å². The SMILES string of the molecule is C=N[C@@H](COC1OC(COCc2ccccc2)C(OCc2ccccc2)C(OCc2ccccc2)C1OCc1ccccc1)[C@@H]1OC(C)(C)O[C@@H]1CC. The molecule has 0 aliphatic carbocycles. The lowest BCUT2D eigenvalue weighted by Gasteiger charge is -2.46. The molecule has 2 heterocycles. The minimum Gasteiger partial charge on any atom is -0.374 e. The molecular formula is C44H53NO8. The molecule has 0 bridgehead atoms. The van der Waals surface area contributed by atoms with Crippen LogP contribution in [0, 0.1) is 0 Å². The molecule has 0 saturated carbocycles. The fourth-order valence-electron chi connectivity index (χ4n) is 6.83. The molecule has 4 aromatic rings. The van der Waals surface area contributed by atoms with E-state index in [1.807, 2.05) is 135 Å². The van der Waals surface area contributed by atoms with Crippen molar-refractivity contribution in [3.63, 3.8) is 0 Å². The lowest BCUT2D eigenvalue weighted by molar-refractivity contribution is -0.329. The molecule has 0 N–H and O–H groups in total. The van der Waals surface area contributed by atoms with Crippen molar-refractivity contribution in [3.8, 4) is 0 Å². The Bertz CT molecular complexity index is 1630. The van der Waals surface area contributed by atoms with Gasteiger partial charge >= 0.3 is 0 Å². The summed E-state index contributed by atoms with van der Waals surface area (Å²) in [4.78, 5) is 4.45. The van der Waals surface area contributed by atoms with Gasteiger partial charge in [-0.25, -0.2) is 0 Å². The standard InChI is InChI=1S/C44H53NO8/c1-5-37-39(53-44(2,3)52-37)36(45-4)30-50-43-42(49-29-35-24-16-9-17-25-35)41(48-28-34-22-14-8-15-23-34)40(47-27-33-20-12-7-13-21-33)38(51-43)31-46-26-32-18-10-6-11-19-32/h6-25,36-43H,4-5,26-31H2,1-3H3/t36-,37+,38?,39-,40?,41?,42?,43?/m0/s1. The van der Waals surface area contributed by atoms with Crippen molar-refractivity contribution < 1.29 is 37.9 Å². The monoisotopic (exact) mass is 723 g/mol. The zero-order valence-electron chi connectivity index (χ0n) is 31.0. The second-order valence-corrected chi connectivity index (χ2v) is 14.0. The Hall–Kier alpha value is -3.77. The van der Waals surface area contributed by atoms with Crippen LogP contribution in [0.25, 0.3) is 0 Å². The van der Waals surface area contributed by atoms with Crippen LogP contribution in [0.4, 0.5) is 0 Å². The van der Waals surface area contributed by atoms with Crippen LogP contribution in [0.15, 0.2) is 126 Å². The van der Waals surface area contributed by atoms with Gasteiger partial charge in [0.05, 0.1) is 45.7 Å². The van der Waals surface area contributed by atoms with Gasteiger partial charge in [-0.1, -0.05) is 128 Å². The molecule has 2 aliphatic rings. The van der Waals surface area contributed by atoms with E-state index in [0.717, 1.165) is 28.7 Å². The second-order valence-electron chi connectivity index (χ2n) is 14.0. The lowest BCUT2D eigenvalue weighted by atomic mass is 9.97. The van der Waals surface area contributed by atoms with Crippen LogP contribution in [0.1, 0.15) is 49.4 Å². The summed E-state index contributed by atoms with van der Waals surface area (Å²) in [6.07, 6.45) is -3.01. The van der Waals surface area contributed by atoms with Crippen LogP contribution in [0.5, 0.6) is 0 Å². The number of nitrogens with zero attached hydrogens (tertiary/aromatic N) is 1. The highest BCUT2D eigenvalue weighted by atomic mass is 16.8. The van der Waals surface area contributed by atoms with Gasteiger partial charge in [-0.3, -0.25) is 4.99 Å². The average molecular weight is 724 g/mol. The number of benzene rings is 4. The first-order valence-electron chi connectivity index (χ1n) is 18.6. The Labute approximate surface area is 314 Å².